The molecule has 1 saturated heterocycles. The molecule has 0 spiro atoms. The summed E-state index contributed by atoms with van der Waals surface area (Å²) in [4.78, 5) is 28.3. The number of hydrogen-bond acceptors (Lipinski definition) is 6. The van der Waals surface area contributed by atoms with Crippen LogP contribution in [0.5, 0.6) is 0 Å². The Morgan fingerprint density at radius 2 is 1.68 bits per heavy atom. The fourth-order valence-electron chi connectivity index (χ4n) is 4.10. The molecule has 3 aromatic rings. The Morgan fingerprint density at radius 1 is 0.973 bits per heavy atom. The molecule has 0 N–H and O–H groups in total. The molecule has 37 heavy (non-hydrogen) atoms. The molecular weight excluding hydrogens is 525 g/mol. The van der Waals surface area contributed by atoms with Crippen molar-refractivity contribution in [2.45, 2.75) is 10.9 Å². The smallest absolute Gasteiger partial charge is 0.253 e. The van der Waals surface area contributed by atoms with Gasteiger partial charge in [0.2, 0.25) is 0 Å². The minimum absolute atomic E-state index is 0.0530. The van der Waals surface area contributed by atoms with Crippen LogP contribution in [-0.4, -0.2) is 60.0 Å². The lowest BCUT2D eigenvalue weighted by molar-refractivity contribution is 0.0747. The van der Waals surface area contributed by atoms with Gasteiger partial charge in [0.1, 0.15) is 11.0 Å². The summed E-state index contributed by atoms with van der Waals surface area (Å²) in [5.74, 6) is 1.45. The van der Waals surface area contributed by atoms with Crippen molar-refractivity contribution in [2.24, 2.45) is 0 Å². The average Bonchev–Trinajstić information content (AvgIpc) is 2.91. The summed E-state index contributed by atoms with van der Waals surface area (Å²) in [6.07, 6.45) is 3.63. The zero-order chi connectivity index (χ0) is 26.2. The van der Waals surface area contributed by atoms with E-state index in [0.29, 0.717) is 47.8 Å². The standard InChI is InChI=1S/C28H29Cl2N5OS/c1-3-12-34(13-4-2)26-19-25(30)31-28(32-26)37-20-21-8-10-22(11-9-21)27(36)35-16-14-33(15-17-35)24-7-5-6-23(29)18-24/h3-11,18-19H,1-2,12-17,20H2. The van der Waals surface area contributed by atoms with E-state index in [1.807, 2.05) is 70.5 Å². The van der Waals surface area contributed by atoms with Gasteiger partial charge in [-0.2, -0.15) is 0 Å². The fourth-order valence-corrected chi connectivity index (χ4v) is 5.32. The second kappa shape index (κ2) is 13.0. The van der Waals surface area contributed by atoms with Crippen LogP contribution in [0.25, 0.3) is 0 Å². The number of piperazine rings is 1. The molecule has 192 valence electrons. The quantitative estimate of drug-likeness (QED) is 0.128. The summed E-state index contributed by atoms with van der Waals surface area (Å²) >= 11 is 13.9. The van der Waals surface area contributed by atoms with E-state index >= 15 is 0 Å². The van der Waals surface area contributed by atoms with Crippen molar-refractivity contribution in [3.63, 3.8) is 0 Å². The highest BCUT2D eigenvalue weighted by Gasteiger charge is 2.22. The molecule has 0 radical (unpaired) electrons. The molecule has 0 aliphatic carbocycles. The topological polar surface area (TPSA) is 52.6 Å². The van der Waals surface area contributed by atoms with Gasteiger partial charge in [-0.25, -0.2) is 9.97 Å². The van der Waals surface area contributed by atoms with Crippen molar-refractivity contribution in [1.29, 1.82) is 0 Å². The van der Waals surface area contributed by atoms with Crippen molar-refractivity contribution in [3.8, 4) is 0 Å². The third-order valence-electron chi connectivity index (χ3n) is 5.99. The third kappa shape index (κ3) is 7.28. The van der Waals surface area contributed by atoms with Crippen molar-refractivity contribution >= 4 is 52.4 Å². The first-order valence-electron chi connectivity index (χ1n) is 12.0. The van der Waals surface area contributed by atoms with Gasteiger partial charge >= 0.3 is 0 Å². The number of halogens is 2. The monoisotopic (exact) mass is 553 g/mol. The first-order chi connectivity index (χ1) is 18.0. The van der Waals surface area contributed by atoms with Gasteiger partial charge in [-0.15, -0.1) is 13.2 Å². The van der Waals surface area contributed by atoms with Gasteiger partial charge in [-0.1, -0.05) is 65.3 Å². The molecule has 9 heteroatoms. The average molecular weight is 555 g/mol. The van der Waals surface area contributed by atoms with E-state index in [9.17, 15) is 4.79 Å². The first-order valence-corrected chi connectivity index (χ1v) is 13.7. The molecule has 1 aliphatic rings. The molecule has 2 heterocycles. The summed E-state index contributed by atoms with van der Waals surface area (Å²) in [6.45, 7) is 11.8. The van der Waals surface area contributed by atoms with Crippen LogP contribution in [-0.2, 0) is 5.75 Å². The summed E-state index contributed by atoms with van der Waals surface area (Å²) in [6, 6.07) is 17.3. The van der Waals surface area contributed by atoms with Gasteiger partial charge in [0, 0.05) is 67.4 Å². The Balaban J connectivity index is 1.33. The number of carbonyl (C=O) groups is 1. The predicted molar refractivity (Wildman–Crippen MR) is 155 cm³/mol. The Bertz CT molecular complexity index is 1240. The lowest BCUT2D eigenvalue weighted by atomic mass is 10.1. The third-order valence-corrected chi connectivity index (χ3v) is 7.34. The lowest BCUT2D eigenvalue weighted by Gasteiger charge is -2.36. The van der Waals surface area contributed by atoms with Crippen LogP contribution in [0, 0.1) is 0 Å². The molecule has 0 saturated carbocycles. The zero-order valence-electron chi connectivity index (χ0n) is 20.5. The van der Waals surface area contributed by atoms with Crippen molar-refractivity contribution in [1.82, 2.24) is 14.9 Å². The molecule has 1 fully saturated rings. The van der Waals surface area contributed by atoms with Gasteiger partial charge in [0.05, 0.1) is 0 Å². The number of aromatic nitrogens is 2. The molecule has 1 aromatic heterocycles. The summed E-state index contributed by atoms with van der Waals surface area (Å²) in [5.41, 5.74) is 2.86. The number of anilines is 2. The Kier molecular flexibility index (Phi) is 9.50. The Morgan fingerprint density at radius 3 is 2.32 bits per heavy atom. The molecule has 1 amide bonds. The highest BCUT2D eigenvalue weighted by molar-refractivity contribution is 7.98. The molecule has 6 nitrogen and oxygen atoms in total. The SMILES string of the molecule is C=CCN(CC=C)c1cc(Cl)nc(SCc2ccc(C(=O)N3CCN(c4cccc(Cl)c4)CC3)cc2)n1. The number of hydrogen-bond donors (Lipinski definition) is 0. The fraction of sp³-hybridized carbons (Fsp3) is 0.250. The van der Waals surface area contributed by atoms with Gasteiger partial charge < -0.3 is 14.7 Å². The van der Waals surface area contributed by atoms with Crippen molar-refractivity contribution in [3.05, 3.63) is 101 Å². The normalized spacial score (nSPS) is 13.4. The Labute approximate surface area is 232 Å². The number of benzene rings is 2. The van der Waals surface area contributed by atoms with Crippen molar-refractivity contribution < 1.29 is 4.79 Å². The first kappa shape index (κ1) is 27.0. The molecule has 0 unspecified atom stereocenters. The van der Waals surface area contributed by atoms with Gasteiger partial charge in [-0.3, -0.25) is 4.79 Å². The number of nitrogens with zero attached hydrogens (tertiary/aromatic N) is 5. The molecule has 0 atom stereocenters. The van der Waals surface area contributed by atoms with Crippen LogP contribution in [0.4, 0.5) is 11.5 Å². The van der Waals surface area contributed by atoms with Crippen LogP contribution in [0.2, 0.25) is 10.2 Å². The van der Waals surface area contributed by atoms with E-state index in [1.54, 1.807) is 6.07 Å². The maximum absolute atomic E-state index is 13.1. The number of amides is 1. The van der Waals surface area contributed by atoms with Gasteiger partial charge in [-0.05, 0) is 35.9 Å². The largest absolute Gasteiger partial charge is 0.368 e. The zero-order valence-corrected chi connectivity index (χ0v) is 22.9. The highest BCUT2D eigenvalue weighted by atomic mass is 35.5. The van der Waals surface area contributed by atoms with E-state index in [4.69, 9.17) is 23.2 Å². The molecule has 1 aliphatic heterocycles. The van der Waals surface area contributed by atoms with Crippen LogP contribution in [0.3, 0.4) is 0 Å². The second-order valence-electron chi connectivity index (χ2n) is 8.56. The summed E-state index contributed by atoms with van der Waals surface area (Å²) < 4.78 is 0. The predicted octanol–water partition coefficient (Wildman–Crippen LogP) is 6.22. The number of rotatable bonds is 10. The molecule has 0 bridgehead atoms. The van der Waals surface area contributed by atoms with E-state index in [0.717, 1.165) is 35.2 Å². The molecule has 4 rings (SSSR count). The van der Waals surface area contributed by atoms with E-state index in [2.05, 4.69) is 28.0 Å². The van der Waals surface area contributed by atoms with Gasteiger partial charge in [0.25, 0.3) is 5.91 Å². The second-order valence-corrected chi connectivity index (χ2v) is 10.3. The van der Waals surface area contributed by atoms with Gasteiger partial charge in [0.15, 0.2) is 5.16 Å². The molecule has 2 aromatic carbocycles. The minimum atomic E-state index is 0.0530. The molecular formula is C28H29Cl2N5OS. The number of carbonyl (C=O) groups excluding carboxylic acids is 1. The number of thioether (sulfide) groups is 1. The van der Waals surface area contributed by atoms with E-state index < -0.39 is 0 Å². The maximum Gasteiger partial charge on any atom is 0.253 e. The van der Waals surface area contributed by atoms with Crippen LogP contribution in [0.1, 0.15) is 15.9 Å². The summed E-state index contributed by atoms with van der Waals surface area (Å²) in [7, 11) is 0. The lowest BCUT2D eigenvalue weighted by Crippen LogP contribution is -2.48. The van der Waals surface area contributed by atoms with E-state index in [1.165, 1.54) is 11.8 Å². The van der Waals surface area contributed by atoms with Crippen LogP contribution in [0.15, 0.2) is 85.1 Å². The van der Waals surface area contributed by atoms with Crippen molar-refractivity contribution in [2.75, 3.05) is 49.1 Å². The van der Waals surface area contributed by atoms with Crippen LogP contribution < -0.4 is 9.80 Å². The van der Waals surface area contributed by atoms with Crippen LogP contribution >= 0.6 is 35.0 Å². The highest BCUT2D eigenvalue weighted by Crippen LogP contribution is 2.25. The summed E-state index contributed by atoms with van der Waals surface area (Å²) in [5, 5.41) is 1.71. The minimum Gasteiger partial charge on any atom is -0.368 e. The van der Waals surface area contributed by atoms with E-state index in [-0.39, 0.29) is 5.91 Å². The Hall–Kier alpha value is -3.00. The maximum atomic E-state index is 13.1.